The Morgan fingerprint density at radius 3 is 2.72 bits per heavy atom. The molecule has 0 saturated heterocycles. The van der Waals surface area contributed by atoms with E-state index in [4.69, 9.17) is 9.47 Å². The summed E-state index contributed by atoms with van der Waals surface area (Å²) in [6.45, 7) is 0. The molecule has 96 valence electrons. The van der Waals surface area contributed by atoms with E-state index in [-0.39, 0.29) is 0 Å². The topological polar surface area (TPSA) is 43.4 Å². The number of anilines is 1. The van der Waals surface area contributed by atoms with Crippen molar-refractivity contribution in [3.63, 3.8) is 0 Å². The van der Waals surface area contributed by atoms with E-state index in [9.17, 15) is 0 Å². The number of methoxy groups -OCH3 is 2. The van der Waals surface area contributed by atoms with Crippen molar-refractivity contribution in [3.05, 3.63) is 34.8 Å². The molecule has 0 aliphatic heterocycles. The van der Waals surface area contributed by atoms with Crippen LogP contribution in [-0.4, -0.2) is 26.3 Å². The van der Waals surface area contributed by atoms with Crippen molar-refractivity contribution in [2.75, 3.05) is 26.6 Å². The lowest BCUT2D eigenvalue weighted by Gasteiger charge is -2.09. The van der Waals surface area contributed by atoms with Gasteiger partial charge in [-0.15, -0.1) is 11.3 Å². The van der Waals surface area contributed by atoms with Crippen LogP contribution in [0.15, 0.2) is 23.6 Å². The first kappa shape index (κ1) is 12.7. The van der Waals surface area contributed by atoms with Gasteiger partial charge in [0.25, 0.3) is 0 Å². The summed E-state index contributed by atoms with van der Waals surface area (Å²) < 4.78 is 10.6. The Bertz CT molecular complexity index is 525. The van der Waals surface area contributed by atoms with Crippen LogP contribution in [0.25, 0.3) is 0 Å². The largest absolute Gasteiger partial charge is 0.497 e. The van der Waals surface area contributed by atoms with E-state index in [2.05, 4.69) is 10.3 Å². The normalized spacial score (nSPS) is 10.2. The summed E-state index contributed by atoms with van der Waals surface area (Å²) in [6.07, 6.45) is 0.735. The van der Waals surface area contributed by atoms with Crippen molar-refractivity contribution in [3.8, 4) is 11.5 Å². The fourth-order valence-electron chi connectivity index (χ4n) is 1.72. The lowest BCUT2D eigenvalue weighted by atomic mass is 10.1. The highest BCUT2D eigenvalue weighted by Crippen LogP contribution is 2.27. The van der Waals surface area contributed by atoms with Gasteiger partial charge in [-0.3, -0.25) is 0 Å². The zero-order valence-corrected chi connectivity index (χ0v) is 11.5. The molecule has 0 atom stereocenters. The van der Waals surface area contributed by atoms with Crippen LogP contribution in [0.4, 0.5) is 5.13 Å². The lowest BCUT2D eigenvalue weighted by Crippen LogP contribution is -1.96. The van der Waals surface area contributed by atoms with Gasteiger partial charge in [0.15, 0.2) is 5.13 Å². The van der Waals surface area contributed by atoms with E-state index in [1.165, 1.54) is 0 Å². The molecule has 0 aliphatic carbocycles. The maximum atomic E-state index is 5.35. The highest BCUT2D eigenvalue weighted by atomic mass is 32.1. The molecule has 1 heterocycles. The van der Waals surface area contributed by atoms with E-state index in [1.54, 1.807) is 25.6 Å². The van der Waals surface area contributed by atoms with Crippen molar-refractivity contribution in [2.45, 2.75) is 6.42 Å². The van der Waals surface area contributed by atoms with E-state index in [0.717, 1.165) is 34.3 Å². The van der Waals surface area contributed by atoms with Crippen molar-refractivity contribution in [2.24, 2.45) is 0 Å². The Morgan fingerprint density at radius 1 is 1.28 bits per heavy atom. The highest BCUT2D eigenvalue weighted by molar-refractivity contribution is 7.13. The number of rotatable bonds is 5. The molecule has 0 spiro atoms. The number of ether oxygens (including phenoxy) is 2. The number of benzene rings is 1. The number of thiazole rings is 1. The van der Waals surface area contributed by atoms with Crippen molar-refractivity contribution in [1.29, 1.82) is 0 Å². The second-order valence-corrected chi connectivity index (χ2v) is 4.61. The molecule has 1 N–H and O–H groups in total. The van der Waals surface area contributed by atoms with Gasteiger partial charge in [0.05, 0.1) is 19.9 Å². The highest BCUT2D eigenvalue weighted by Gasteiger charge is 2.08. The number of nitrogens with one attached hydrogen (secondary N) is 1. The van der Waals surface area contributed by atoms with Gasteiger partial charge < -0.3 is 14.8 Å². The fraction of sp³-hybridized carbons (Fsp3) is 0.308. The zero-order chi connectivity index (χ0) is 13.0. The smallest absolute Gasteiger partial charge is 0.182 e. The van der Waals surface area contributed by atoms with Crippen molar-refractivity contribution in [1.82, 2.24) is 4.98 Å². The molecule has 0 bridgehead atoms. The SMILES string of the molecule is CNc1nc(Cc2cc(OC)ccc2OC)cs1. The van der Waals surface area contributed by atoms with Crippen molar-refractivity contribution < 1.29 is 9.47 Å². The average molecular weight is 264 g/mol. The summed E-state index contributed by atoms with van der Waals surface area (Å²) >= 11 is 1.60. The van der Waals surface area contributed by atoms with Gasteiger partial charge in [-0.25, -0.2) is 4.98 Å². The van der Waals surface area contributed by atoms with Gasteiger partial charge in [-0.05, 0) is 18.2 Å². The molecule has 0 amide bonds. The molecule has 0 aliphatic rings. The van der Waals surface area contributed by atoms with Gasteiger partial charge in [0, 0.05) is 24.4 Å². The molecule has 0 unspecified atom stereocenters. The zero-order valence-electron chi connectivity index (χ0n) is 10.7. The molecule has 0 fully saturated rings. The summed E-state index contributed by atoms with van der Waals surface area (Å²) in [6, 6.07) is 5.79. The van der Waals surface area contributed by atoms with Crippen LogP contribution in [0.3, 0.4) is 0 Å². The maximum Gasteiger partial charge on any atom is 0.182 e. The van der Waals surface area contributed by atoms with Gasteiger partial charge >= 0.3 is 0 Å². The summed E-state index contributed by atoms with van der Waals surface area (Å²) in [5.41, 5.74) is 2.10. The average Bonchev–Trinajstić information content (AvgIpc) is 2.86. The van der Waals surface area contributed by atoms with Crippen LogP contribution >= 0.6 is 11.3 Å². The summed E-state index contributed by atoms with van der Waals surface area (Å²) in [4.78, 5) is 4.47. The Balaban J connectivity index is 2.25. The number of hydrogen-bond donors (Lipinski definition) is 1. The molecule has 0 radical (unpaired) electrons. The third-order valence-electron chi connectivity index (χ3n) is 2.62. The molecular weight excluding hydrogens is 248 g/mol. The fourth-order valence-corrected chi connectivity index (χ4v) is 2.39. The monoisotopic (exact) mass is 264 g/mol. The lowest BCUT2D eigenvalue weighted by molar-refractivity contribution is 0.399. The van der Waals surface area contributed by atoms with E-state index in [1.807, 2.05) is 30.6 Å². The third-order valence-corrected chi connectivity index (χ3v) is 3.53. The molecule has 4 nitrogen and oxygen atoms in total. The van der Waals surface area contributed by atoms with Crippen LogP contribution < -0.4 is 14.8 Å². The van der Waals surface area contributed by atoms with Crippen LogP contribution in [0, 0.1) is 0 Å². The Hall–Kier alpha value is -1.75. The van der Waals surface area contributed by atoms with Gasteiger partial charge in [-0.2, -0.15) is 0 Å². The molecule has 2 aromatic rings. The first-order valence-corrected chi connectivity index (χ1v) is 6.48. The van der Waals surface area contributed by atoms with Crippen LogP contribution in [0.2, 0.25) is 0 Å². The number of hydrogen-bond acceptors (Lipinski definition) is 5. The predicted octanol–water partition coefficient (Wildman–Crippen LogP) is 2.79. The van der Waals surface area contributed by atoms with Crippen molar-refractivity contribution >= 4 is 16.5 Å². The number of nitrogens with zero attached hydrogens (tertiary/aromatic N) is 1. The Labute approximate surface area is 111 Å². The summed E-state index contributed by atoms with van der Waals surface area (Å²) in [5.74, 6) is 1.68. The first-order chi connectivity index (χ1) is 8.76. The van der Waals surface area contributed by atoms with E-state index < -0.39 is 0 Å². The van der Waals surface area contributed by atoms with E-state index >= 15 is 0 Å². The van der Waals surface area contributed by atoms with Crippen LogP contribution in [0.5, 0.6) is 11.5 Å². The van der Waals surface area contributed by atoms with Gasteiger partial charge in [0.1, 0.15) is 11.5 Å². The molecular formula is C13H16N2O2S. The summed E-state index contributed by atoms with van der Waals surface area (Å²) in [7, 11) is 5.20. The minimum absolute atomic E-state index is 0.735. The first-order valence-electron chi connectivity index (χ1n) is 5.60. The van der Waals surface area contributed by atoms with E-state index in [0.29, 0.717) is 0 Å². The van der Waals surface area contributed by atoms with Gasteiger partial charge in [0.2, 0.25) is 0 Å². The molecule has 1 aromatic heterocycles. The minimum atomic E-state index is 0.735. The second kappa shape index (κ2) is 5.73. The molecule has 2 rings (SSSR count). The molecule has 0 saturated carbocycles. The predicted molar refractivity (Wildman–Crippen MR) is 74.0 cm³/mol. The molecule has 18 heavy (non-hydrogen) atoms. The molecule has 5 heteroatoms. The summed E-state index contributed by atoms with van der Waals surface area (Å²) in [5, 5.41) is 6.01. The Kier molecular flexibility index (Phi) is 4.04. The molecule has 1 aromatic carbocycles. The van der Waals surface area contributed by atoms with Crippen LogP contribution in [0.1, 0.15) is 11.3 Å². The second-order valence-electron chi connectivity index (χ2n) is 3.75. The Morgan fingerprint density at radius 2 is 2.11 bits per heavy atom. The van der Waals surface area contributed by atoms with Gasteiger partial charge in [-0.1, -0.05) is 0 Å². The quantitative estimate of drug-likeness (QED) is 0.902. The third kappa shape index (κ3) is 2.73. The standard InChI is InChI=1S/C13H16N2O2S/c1-14-13-15-10(8-18-13)6-9-7-11(16-2)4-5-12(9)17-3/h4-5,7-8H,6H2,1-3H3,(H,14,15). The van der Waals surface area contributed by atoms with Crippen LogP contribution in [-0.2, 0) is 6.42 Å². The minimum Gasteiger partial charge on any atom is -0.497 e. The maximum absolute atomic E-state index is 5.35. The number of aromatic nitrogens is 1.